The Morgan fingerprint density at radius 1 is 0.189 bits per heavy atom. The minimum Gasteiger partial charge on any atom is -0.550 e. The Balaban J connectivity index is 0.000000167. The summed E-state index contributed by atoms with van der Waals surface area (Å²) in [6.07, 6.45) is 13.8. The molecule has 42 unspecified atom stereocenters. The molecule has 0 aromatic heterocycles. The summed E-state index contributed by atoms with van der Waals surface area (Å²) < 4.78 is 0. The smallest absolute Gasteiger partial charge is 0.550 e. The Morgan fingerprint density at radius 3 is 0.550 bits per heavy atom. The van der Waals surface area contributed by atoms with Gasteiger partial charge in [0.25, 0.3) is 0 Å². The van der Waals surface area contributed by atoms with E-state index in [1.807, 2.05) is 0 Å². The topological polar surface area (TPSA) is 571 Å². The minimum atomic E-state index is -2.07. The van der Waals surface area contributed by atoms with E-state index in [0.29, 0.717) is 36.5 Å². The number of carboxylic acid groups (broad SMARTS) is 10. The molecular formula is C74H110N16NiO20. The van der Waals surface area contributed by atoms with Gasteiger partial charge in [0.2, 0.25) is 0 Å². The quantitative estimate of drug-likeness (QED) is 0.0919. The Bertz CT molecular complexity index is 3380. The summed E-state index contributed by atoms with van der Waals surface area (Å²) in [6.45, 7) is 0. The second-order valence-electron chi connectivity index (χ2n) is 36.2. The third-order valence-corrected chi connectivity index (χ3v) is 31.6. The van der Waals surface area contributed by atoms with Gasteiger partial charge < -0.3 is 60.7 Å². The van der Waals surface area contributed by atoms with Gasteiger partial charge in [0.05, 0.1) is 146 Å². The van der Waals surface area contributed by atoms with Crippen molar-refractivity contribution >= 4 is 59.7 Å². The first-order valence-electron chi connectivity index (χ1n) is 41.3. The number of rotatable bonds is 10. The number of carbonyl (C=O) groups excluding carboxylic acids is 2. The molecule has 0 aromatic rings. The summed E-state index contributed by atoms with van der Waals surface area (Å²) in [7, 11) is 0. The zero-order valence-corrected chi connectivity index (χ0v) is 62.6. The van der Waals surface area contributed by atoms with Crippen LogP contribution in [0.3, 0.4) is 0 Å². The minimum absolute atomic E-state index is 0. The zero-order chi connectivity index (χ0) is 76.9. The van der Waals surface area contributed by atoms with Crippen LogP contribution in [0, 0.1) is 154 Å². The molecule has 42 atom stereocenters. The number of aliphatic carboxylic acids is 10. The van der Waals surface area contributed by atoms with Gasteiger partial charge >= 0.3 is 64.2 Å². The molecule has 0 aromatic carbocycles. The standard InChI is InChI=1S/2C37H56N8O10.Ni/c2*46-33(47)17-11-5-10-16-18(17)30-43-29(16)41-27-13-7-2-1-6-12(13)25(39-27)38-26-14-8-3-4-9-15(14)28(40-26)42-31-19-20(32(44-30)45-31)22(35(50)51)24(37(54)55)23(36(52)53)21(19)34(48)49;/h2*12-32,38-45H,1-11H2,(H,46,47)(H,48,49)(H,50,51)(H,52,53)(H,54,55);/q;;+2/p-2. The van der Waals surface area contributed by atoms with Gasteiger partial charge in [-0.1, -0.05) is 64.2 Å². The van der Waals surface area contributed by atoms with E-state index in [1.54, 1.807) is 0 Å². The number of hydrogen-bond donors (Lipinski definition) is 24. The molecule has 18 fully saturated rings. The van der Waals surface area contributed by atoms with E-state index in [4.69, 9.17) is 0 Å². The van der Waals surface area contributed by atoms with E-state index in [9.17, 15) is 99.0 Å². The third-order valence-electron chi connectivity index (χ3n) is 31.6. The molecule has 8 saturated carbocycles. The van der Waals surface area contributed by atoms with Crippen molar-refractivity contribution in [1.82, 2.24) is 85.1 Å². The molecule has 0 amide bonds. The maximum Gasteiger partial charge on any atom is 2.00 e. The van der Waals surface area contributed by atoms with Crippen LogP contribution < -0.4 is 95.3 Å². The van der Waals surface area contributed by atoms with Crippen LogP contribution in [0.4, 0.5) is 0 Å². The average molecular weight is 1600 g/mol. The molecule has 36 nitrogen and oxygen atoms in total. The second-order valence-corrected chi connectivity index (χ2v) is 36.2. The van der Waals surface area contributed by atoms with Crippen molar-refractivity contribution in [3.05, 3.63) is 0 Å². The van der Waals surface area contributed by atoms with Crippen molar-refractivity contribution in [3.8, 4) is 0 Å². The van der Waals surface area contributed by atoms with Gasteiger partial charge in [0, 0.05) is 59.3 Å². The first-order valence-corrected chi connectivity index (χ1v) is 41.3. The summed E-state index contributed by atoms with van der Waals surface area (Å²) in [6, 6.07) is 0. The predicted octanol–water partition coefficient (Wildman–Crippen LogP) is -4.35. The molecule has 24 N–H and O–H groups in total. The van der Waals surface area contributed by atoms with Crippen LogP contribution in [0.25, 0.3) is 0 Å². The first-order chi connectivity index (χ1) is 52.8. The Labute approximate surface area is 651 Å². The summed E-state index contributed by atoms with van der Waals surface area (Å²) in [5.41, 5.74) is 0. The molecular weight excluding hydrogens is 1490 g/mol. The van der Waals surface area contributed by atoms with E-state index in [0.717, 1.165) is 128 Å². The fourth-order valence-electron chi connectivity index (χ4n) is 27.6. The molecule has 0 radical (unpaired) electrons. The van der Waals surface area contributed by atoms with Gasteiger partial charge in [0.1, 0.15) is 0 Å². The fourth-order valence-corrected chi connectivity index (χ4v) is 27.6. The molecule has 10 aliphatic heterocycles. The number of carboxylic acids is 10. The molecule has 8 aliphatic carbocycles. The van der Waals surface area contributed by atoms with Crippen LogP contribution in [-0.4, -0.2) is 199 Å². The monoisotopic (exact) mass is 1600 g/mol. The first kappa shape index (κ1) is 79.4. The SMILES string of the molecule is O=C(O)C1CCCC2C3NC4NC(NC5NC(NC6NC(NC(N3)C12)C1C(C(=O)O)C(C(=O)O)C(C(=O)O)C(C(=O)[O-])C61)C1CCCCC51)C1CCCCC41.O=C(O)C1CCCC2C3NC4NC(NC5NC(NC6NC(NC(N3)C12)C1C(C(=O)O)C(C(=O)O)C(C(=O)O)C(C(=O)[O-])C61)C1CCCCC51)C1CCCCC41.[Ni+2]. The predicted molar refractivity (Wildman–Crippen MR) is 374 cm³/mol. The maximum absolute atomic E-state index is 13.2. The van der Waals surface area contributed by atoms with Crippen LogP contribution in [0.5, 0.6) is 0 Å². The van der Waals surface area contributed by atoms with Crippen molar-refractivity contribution in [2.45, 2.75) is 240 Å². The van der Waals surface area contributed by atoms with E-state index < -0.39 is 191 Å². The second kappa shape index (κ2) is 31.5. The van der Waals surface area contributed by atoms with Gasteiger partial charge in [-0.25, -0.2) is 0 Å². The number of fused-ring (bicyclic) bond motifs is 40. The van der Waals surface area contributed by atoms with E-state index in [2.05, 4.69) is 85.1 Å². The van der Waals surface area contributed by atoms with Crippen molar-refractivity contribution < 1.29 is 116 Å². The Hall–Kier alpha value is -5.45. The van der Waals surface area contributed by atoms with Crippen LogP contribution >= 0.6 is 0 Å². The molecule has 0 spiro atoms. The van der Waals surface area contributed by atoms with E-state index >= 15 is 0 Å². The van der Waals surface area contributed by atoms with Gasteiger partial charge in [0.15, 0.2) is 0 Å². The molecule has 37 heteroatoms. The van der Waals surface area contributed by atoms with Crippen LogP contribution in [0.1, 0.15) is 141 Å². The molecule has 18 rings (SSSR count). The molecule has 616 valence electrons. The Kier molecular flexibility index (Phi) is 22.6. The normalized spacial score (nSPS) is 51.1. The van der Waals surface area contributed by atoms with Crippen molar-refractivity contribution in [2.24, 2.45) is 154 Å². The molecule has 10 saturated heterocycles. The fraction of sp³-hybridized carbons (Fsp3) is 0.865. The van der Waals surface area contributed by atoms with Gasteiger partial charge in [-0.3, -0.25) is 123 Å². The van der Waals surface area contributed by atoms with Gasteiger partial charge in [-0.2, -0.15) is 0 Å². The van der Waals surface area contributed by atoms with Crippen molar-refractivity contribution in [2.75, 3.05) is 0 Å². The van der Waals surface area contributed by atoms with E-state index in [-0.39, 0.29) is 114 Å². The Morgan fingerprint density at radius 2 is 0.351 bits per heavy atom. The van der Waals surface area contributed by atoms with Crippen LogP contribution in [0.15, 0.2) is 0 Å². The molecule has 111 heavy (non-hydrogen) atoms. The van der Waals surface area contributed by atoms with Crippen molar-refractivity contribution in [3.63, 3.8) is 0 Å². The number of carbonyl (C=O) groups is 10. The number of nitrogens with one attached hydrogen (secondary N) is 16. The maximum atomic E-state index is 13.2. The van der Waals surface area contributed by atoms with E-state index in [1.165, 1.54) is 0 Å². The third kappa shape index (κ3) is 13.8. The summed E-state index contributed by atoms with van der Waals surface area (Å²) in [4.78, 5) is 130. The molecule has 18 aliphatic rings. The summed E-state index contributed by atoms with van der Waals surface area (Å²) >= 11 is 0. The van der Waals surface area contributed by atoms with Crippen LogP contribution in [0.2, 0.25) is 0 Å². The summed E-state index contributed by atoms with van der Waals surface area (Å²) in [5, 5.41) is 170. The molecule has 16 bridgehead atoms. The largest absolute Gasteiger partial charge is 2.00 e. The average Bonchev–Trinajstić information content (AvgIpc) is 1.63. The zero-order valence-electron chi connectivity index (χ0n) is 61.6. The summed E-state index contributed by atoms with van der Waals surface area (Å²) in [5.74, 6) is -36.0. The van der Waals surface area contributed by atoms with Crippen LogP contribution in [-0.2, 0) is 64.4 Å². The van der Waals surface area contributed by atoms with Gasteiger partial charge in [-0.05, 0) is 136 Å². The molecule has 10 heterocycles. The van der Waals surface area contributed by atoms with Crippen molar-refractivity contribution in [1.29, 1.82) is 0 Å². The van der Waals surface area contributed by atoms with Gasteiger partial charge in [-0.15, -0.1) is 0 Å². The number of hydrogen-bond acceptors (Lipinski definition) is 28.